The molecule has 164 valence electrons. The van der Waals surface area contributed by atoms with Gasteiger partial charge in [0, 0.05) is 34.5 Å². The molecule has 0 spiro atoms. The van der Waals surface area contributed by atoms with Crippen molar-refractivity contribution in [2.75, 3.05) is 32.1 Å². The molecule has 3 aromatic rings. The quantitative estimate of drug-likeness (QED) is 0.376. The van der Waals surface area contributed by atoms with Gasteiger partial charge in [-0.1, -0.05) is 18.5 Å². The van der Waals surface area contributed by atoms with E-state index in [1.54, 1.807) is 49.6 Å². The minimum atomic E-state index is -0.356. The predicted octanol–water partition coefficient (Wildman–Crippen LogP) is 5.63. The Balaban J connectivity index is 1.63. The number of ether oxygens (including phenoxy) is 2. The average molecular weight is 443 g/mol. The van der Waals surface area contributed by atoms with Crippen molar-refractivity contribution in [1.82, 2.24) is 5.32 Å². The Morgan fingerprint density at radius 3 is 2.55 bits per heavy atom. The van der Waals surface area contributed by atoms with Crippen LogP contribution in [0, 0.1) is 0 Å². The zero-order chi connectivity index (χ0) is 22.1. The average Bonchev–Trinajstić information content (AvgIpc) is 3.27. The molecule has 7 heteroatoms. The maximum absolute atomic E-state index is 12.7. The number of hydrogen-bond donors (Lipinski definition) is 2. The van der Waals surface area contributed by atoms with Crippen LogP contribution in [0.25, 0.3) is 11.3 Å². The minimum absolute atomic E-state index is 0.207. The number of methoxy groups -OCH3 is 1. The Kier molecular flexibility index (Phi) is 8.38. The van der Waals surface area contributed by atoms with Crippen LogP contribution in [0.1, 0.15) is 30.3 Å². The Morgan fingerprint density at radius 1 is 1.03 bits per heavy atom. The first kappa shape index (κ1) is 22.7. The first-order valence-corrected chi connectivity index (χ1v) is 10.7. The number of nitrogens with one attached hydrogen (secondary N) is 2. The van der Waals surface area contributed by atoms with Crippen molar-refractivity contribution in [2.24, 2.45) is 0 Å². The lowest BCUT2D eigenvalue weighted by Crippen LogP contribution is -2.14. The normalized spacial score (nSPS) is 10.7. The van der Waals surface area contributed by atoms with Gasteiger partial charge in [0.05, 0.1) is 13.7 Å². The summed E-state index contributed by atoms with van der Waals surface area (Å²) in [7, 11) is 1.58. The molecule has 0 aliphatic heterocycles. The van der Waals surface area contributed by atoms with Crippen LogP contribution >= 0.6 is 11.6 Å². The molecule has 1 heterocycles. The number of anilines is 1. The number of rotatable bonds is 11. The molecule has 0 aliphatic rings. The van der Waals surface area contributed by atoms with Crippen LogP contribution in [0.4, 0.5) is 5.69 Å². The topological polar surface area (TPSA) is 72.7 Å². The number of amides is 1. The predicted molar refractivity (Wildman–Crippen MR) is 123 cm³/mol. The van der Waals surface area contributed by atoms with E-state index in [0.29, 0.717) is 34.6 Å². The van der Waals surface area contributed by atoms with Crippen LogP contribution in [-0.4, -0.2) is 32.7 Å². The summed E-state index contributed by atoms with van der Waals surface area (Å²) < 4.78 is 16.9. The summed E-state index contributed by atoms with van der Waals surface area (Å²) in [5.74, 6) is 1.68. The van der Waals surface area contributed by atoms with E-state index < -0.39 is 0 Å². The molecule has 0 unspecified atom stereocenters. The van der Waals surface area contributed by atoms with Gasteiger partial charge in [0.2, 0.25) is 0 Å². The fourth-order valence-corrected chi connectivity index (χ4v) is 3.11. The number of carbonyl (C=O) groups is 1. The summed E-state index contributed by atoms with van der Waals surface area (Å²) in [5.41, 5.74) is 1.41. The maximum Gasteiger partial charge on any atom is 0.291 e. The highest BCUT2D eigenvalue weighted by Crippen LogP contribution is 2.28. The van der Waals surface area contributed by atoms with Gasteiger partial charge in [0.25, 0.3) is 5.91 Å². The molecule has 31 heavy (non-hydrogen) atoms. The molecule has 0 fully saturated rings. The van der Waals surface area contributed by atoms with Gasteiger partial charge in [-0.15, -0.1) is 0 Å². The van der Waals surface area contributed by atoms with Gasteiger partial charge < -0.3 is 24.5 Å². The molecular formula is C24H27ClN2O4. The third-order valence-electron chi connectivity index (χ3n) is 4.60. The zero-order valence-corrected chi connectivity index (χ0v) is 18.5. The fourth-order valence-electron chi connectivity index (χ4n) is 2.99. The molecule has 0 atom stereocenters. The lowest BCUT2D eigenvalue weighted by atomic mass is 10.2. The van der Waals surface area contributed by atoms with Crippen molar-refractivity contribution in [1.29, 1.82) is 0 Å². The third kappa shape index (κ3) is 6.77. The second-order valence-electron chi connectivity index (χ2n) is 6.93. The van der Waals surface area contributed by atoms with E-state index in [9.17, 15) is 4.79 Å². The monoisotopic (exact) mass is 442 g/mol. The molecule has 1 amide bonds. The van der Waals surface area contributed by atoms with Gasteiger partial charge in [-0.2, -0.15) is 0 Å². The molecule has 3 rings (SSSR count). The molecule has 0 bridgehead atoms. The van der Waals surface area contributed by atoms with E-state index in [1.807, 2.05) is 12.1 Å². The Morgan fingerprint density at radius 2 is 1.81 bits per heavy atom. The first-order chi connectivity index (χ1) is 15.1. The van der Waals surface area contributed by atoms with E-state index in [-0.39, 0.29) is 11.7 Å². The van der Waals surface area contributed by atoms with Gasteiger partial charge in [-0.3, -0.25) is 4.79 Å². The SMILES string of the molecule is CCNCCCCOc1cc(NC(=O)c2ccc(-c3ccc(Cl)cc3)o2)cc(OC)c1. The summed E-state index contributed by atoms with van der Waals surface area (Å²) >= 11 is 5.92. The van der Waals surface area contributed by atoms with Crippen molar-refractivity contribution in [2.45, 2.75) is 19.8 Å². The standard InChI is InChI=1S/C24H27ClN2O4/c1-3-26-12-4-5-13-30-21-15-19(14-20(16-21)29-2)27-24(28)23-11-10-22(31-23)17-6-8-18(25)9-7-17/h6-11,14-16,26H,3-5,12-13H2,1-2H3,(H,27,28). The van der Waals surface area contributed by atoms with Crippen LogP contribution in [-0.2, 0) is 0 Å². The molecule has 0 aliphatic carbocycles. The van der Waals surface area contributed by atoms with Gasteiger partial charge in [0.15, 0.2) is 5.76 Å². The molecule has 0 saturated carbocycles. The van der Waals surface area contributed by atoms with Gasteiger partial charge in [0.1, 0.15) is 17.3 Å². The van der Waals surface area contributed by atoms with Crippen molar-refractivity contribution in [3.8, 4) is 22.8 Å². The van der Waals surface area contributed by atoms with Crippen molar-refractivity contribution in [3.63, 3.8) is 0 Å². The molecule has 6 nitrogen and oxygen atoms in total. The summed E-state index contributed by atoms with van der Waals surface area (Å²) in [6.45, 7) is 4.62. The summed E-state index contributed by atoms with van der Waals surface area (Å²) in [5, 5.41) is 6.77. The third-order valence-corrected chi connectivity index (χ3v) is 4.85. The number of carbonyl (C=O) groups excluding carboxylic acids is 1. The highest BCUT2D eigenvalue weighted by Gasteiger charge is 2.14. The minimum Gasteiger partial charge on any atom is -0.497 e. The second-order valence-corrected chi connectivity index (χ2v) is 7.37. The zero-order valence-electron chi connectivity index (χ0n) is 17.7. The van der Waals surface area contributed by atoms with Crippen LogP contribution in [0.3, 0.4) is 0 Å². The van der Waals surface area contributed by atoms with Gasteiger partial charge >= 0.3 is 0 Å². The number of hydrogen-bond acceptors (Lipinski definition) is 5. The highest BCUT2D eigenvalue weighted by atomic mass is 35.5. The smallest absolute Gasteiger partial charge is 0.291 e. The number of furan rings is 1. The van der Waals surface area contributed by atoms with E-state index >= 15 is 0 Å². The Bertz CT molecular complexity index is 985. The summed E-state index contributed by atoms with van der Waals surface area (Å²) in [4.78, 5) is 12.7. The van der Waals surface area contributed by atoms with Crippen LogP contribution in [0.15, 0.2) is 59.0 Å². The van der Waals surface area contributed by atoms with E-state index in [2.05, 4.69) is 17.6 Å². The van der Waals surface area contributed by atoms with Crippen molar-refractivity contribution >= 4 is 23.2 Å². The first-order valence-electron chi connectivity index (χ1n) is 10.3. The lowest BCUT2D eigenvalue weighted by Gasteiger charge is -2.11. The maximum atomic E-state index is 12.7. The lowest BCUT2D eigenvalue weighted by molar-refractivity contribution is 0.0997. The molecule has 2 N–H and O–H groups in total. The summed E-state index contributed by atoms with van der Waals surface area (Å²) in [6.07, 6.45) is 1.97. The molecule has 0 saturated heterocycles. The Hall–Kier alpha value is -2.96. The van der Waals surface area contributed by atoms with Crippen molar-refractivity contribution in [3.05, 3.63) is 65.4 Å². The highest BCUT2D eigenvalue weighted by molar-refractivity contribution is 6.30. The van der Waals surface area contributed by atoms with E-state index in [1.165, 1.54) is 0 Å². The number of benzene rings is 2. The Labute approximate surface area is 187 Å². The molecule has 1 aromatic heterocycles. The molecule has 2 aromatic carbocycles. The summed E-state index contributed by atoms with van der Waals surface area (Å²) in [6, 6.07) is 15.9. The van der Waals surface area contributed by atoms with Crippen LogP contribution in [0.2, 0.25) is 5.02 Å². The fraction of sp³-hybridized carbons (Fsp3) is 0.292. The number of halogens is 1. The number of unbranched alkanes of at least 4 members (excludes halogenated alkanes) is 1. The van der Waals surface area contributed by atoms with Crippen LogP contribution < -0.4 is 20.1 Å². The second kappa shape index (κ2) is 11.4. The van der Waals surface area contributed by atoms with Crippen molar-refractivity contribution < 1.29 is 18.7 Å². The van der Waals surface area contributed by atoms with Crippen LogP contribution in [0.5, 0.6) is 11.5 Å². The van der Waals surface area contributed by atoms with Gasteiger partial charge in [-0.05, 0) is 62.3 Å². The largest absolute Gasteiger partial charge is 0.497 e. The van der Waals surface area contributed by atoms with E-state index in [4.69, 9.17) is 25.5 Å². The molecular weight excluding hydrogens is 416 g/mol. The van der Waals surface area contributed by atoms with Gasteiger partial charge in [-0.25, -0.2) is 0 Å². The van der Waals surface area contributed by atoms with E-state index in [0.717, 1.165) is 31.5 Å². The molecule has 0 radical (unpaired) electrons.